The van der Waals surface area contributed by atoms with E-state index in [-0.39, 0.29) is 42.8 Å². The maximum absolute atomic E-state index is 15.8. The zero-order valence-electron chi connectivity index (χ0n) is 19.2. The number of rotatable bonds is 6. The minimum absolute atomic E-state index is 0.0264. The lowest BCUT2D eigenvalue weighted by molar-refractivity contribution is -0.140. The smallest absolute Gasteiger partial charge is 0.260 e. The van der Waals surface area contributed by atoms with Crippen LogP contribution in [0.1, 0.15) is 25.7 Å². The van der Waals surface area contributed by atoms with Crippen molar-refractivity contribution in [2.45, 2.75) is 36.9 Å². The minimum atomic E-state index is -1.81. The van der Waals surface area contributed by atoms with E-state index in [0.29, 0.717) is 51.3 Å². The Morgan fingerprint density at radius 2 is 1.89 bits per heavy atom. The number of hydrogen-bond acceptors (Lipinski definition) is 10. The average molecular weight is 491 g/mol. The fourth-order valence-electron chi connectivity index (χ4n) is 4.51. The van der Waals surface area contributed by atoms with Gasteiger partial charge < -0.3 is 30.7 Å². The molecule has 0 bridgehead atoms. The summed E-state index contributed by atoms with van der Waals surface area (Å²) in [4.78, 5) is 32.7. The zero-order valence-corrected chi connectivity index (χ0v) is 19.2. The molecule has 2 saturated heterocycles. The predicted molar refractivity (Wildman–Crippen MR) is 123 cm³/mol. The molecule has 11 nitrogen and oxygen atoms in total. The van der Waals surface area contributed by atoms with Crippen molar-refractivity contribution >= 4 is 23.6 Å². The highest BCUT2D eigenvalue weighted by molar-refractivity contribution is 5.88. The Morgan fingerprint density at radius 1 is 1.17 bits per heavy atom. The number of aromatic nitrogens is 4. The molecule has 0 aromatic carbocycles. The van der Waals surface area contributed by atoms with Gasteiger partial charge in [-0.25, -0.2) is 23.7 Å². The van der Waals surface area contributed by atoms with Crippen LogP contribution in [-0.2, 0) is 9.53 Å². The van der Waals surface area contributed by atoms with Crippen molar-refractivity contribution in [2.75, 3.05) is 62.0 Å². The number of carbonyl (C=O) groups excluding carboxylic acids is 1. The first-order valence-corrected chi connectivity index (χ1v) is 11.7. The molecule has 2 aliphatic heterocycles. The predicted octanol–water partition coefficient (Wildman–Crippen LogP) is 0.759. The molecule has 2 aromatic heterocycles. The number of anilines is 3. The number of nitrogens with one attached hydrogen (secondary N) is 1. The van der Waals surface area contributed by atoms with Crippen molar-refractivity contribution in [3.63, 3.8) is 0 Å². The summed E-state index contributed by atoms with van der Waals surface area (Å²) in [6.07, 6.45) is 4.14. The largest absolute Gasteiger partial charge is 0.394 e. The monoisotopic (exact) mass is 490 g/mol. The van der Waals surface area contributed by atoms with E-state index in [1.54, 1.807) is 0 Å². The number of halogens is 2. The fourth-order valence-corrected chi connectivity index (χ4v) is 4.51. The van der Waals surface area contributed by atoms with Gasteiger partial charge in [0.25, 0.3) is 5.91 Å². The summed E-state index contributed by atoms with van der Waals surface area (Å²) in [6, 6.07) is 0. The summed E-state index contributed by atoms with van der Waals surface area (Å²) in [5, 5.41) is 13.4. The summed E-state index contributed by atoms with van der Waals surface area (Å²) < 4.78 is 35.6. The number of alkyl halides is 1. The molecule has 1 atom stereocenters. The number of hydrogen-bond donors (Lipinski definition) is 3. The van der Waals surface area contributed by atoms with Crippen LogP contribution in [0.4, 0.5) is 26.5 Å². The number of morpholine rings is 1. The van der Waals surface area contributed by atoms with Crippen molar-refractivity contribution in [3.05, 3.63) is 18.2 Å². The second-order valence-corrected chi connectivity index (χ2v) is 9.32. The fraction of sp³-hybridized carbons (Fsp3) is 0.591. The van der Waals surface area contributed by atoms with Crippen molar-refractivity contribution < 1.29 is 23.4 Å². The number of nitrogens with two attached hydrogens (primary N) is 1. The van der Waals surface area contributed by atoms with Gasteiger partial charge in [-0.1, -0.05) is 0 Å². The molecule has 0 spiro atoms. The third kappa shape index (κ3) is 4.69. The van der Waals surface area contributed by atoms with Gasteiger partial charge in [0, 0.05) is 44.1 Å². The number of nitrogens with zero attached hydrogens (tertiary/aromatic N) is 6. The van der Waals surface area contributed by atoms with E-state index >= 15 is 4.39 Å². The Morgan fingerprint density at radius 3 is 2.54 bits per heavy atom. The molecule has 0 unspecified atom stereocenters. The molecule has 1 amide bonds. The molecule has 3 fully saturated rings. The van der Waals surface area contributed by atoms with E-state index in [2.05, 4.69) is 25.3 Å². The third-order valence-corrected chi connectivity index (χ3v) is 6.70. The molecule has 1 aliphatic carbocycles. The molecular weight excluding hydrogens is 462 g/mol. The first-order valence-electron chi connectivity index (χ1n) is 11.7. The maximum atomic E-state index is 15.8. The number of piperidine rings is 1. The van der Waals surface area contributed by atoms with Crippen molar-refractivity contribution in [1.82, 2.24) is 24.8 Å². The standard InChI is InChI=1S/C22H28F2N8O3/c23-15-16(14-10-26-19(25)27-11-14)28-20(31-6-8-35-9-7-31)29-17(15)30-21(13-33)2-1-5-32(12-21)18(34)22(24)3-4-22/h10-11,33H,1-9,12-13H2,(H2,25,26,27)(H,28,29,30)/t21-/m1/s1. The number of likely N-dealkylation sites (tertiary alicyclic amines) is 1. The van der Waals surface area contributed by atoms with Crippen LogP contribution in [0.15, 0.2) is 12.4 Å². The van der Waals surface area contributed by atoms with E-state index in [9.17, 15) is 14.3 Å². The molecule has 35 heavy (non-hydrogen) atoms. The zero-order chi connectivity index (χ0) is 24.6. The number of carbonyl (C=O) groups is 1. The summed E-state index contributed by atoms with van der Waals surface area (Å²) in [5.41, 5.74) is 2.96. The van der Waals surface area contributed by atoms with Gasteiger partial charge in [-0.2, -0.15) is 4.98 Å². The number of nitrogen functional groups attached to an aromatic ring is 1. The van der Waals surface area contributed by atoms with Crippen LogP contribution >= 0.6 is 0 Å². The molecule has 5 rings (SSSR count). The van der Waals surface area contributed by atoms with Crippen LogP contribution in [0.25, 0.3) is 11.3 Å². The van der Waals surface area contributed by atoms with E-state index in [0.717, 1.165) is 0 Å². The first-order chi connectivity index (χ1) is 16.8. The topological polar surface area (TPSA) is 143 Å². The highest BCUT2D eigenvalue weighted by Crippen LogP contribution is 2.42. The molecule has 4 N–H and O–H groups in total. The minimum Gasteiger partial charge on any atom is -0.394 e. The highest BCUT2D eigenvalue weighted by Gasteiger charge is 2.54. The molecule has 0 radical (unpaired) electrons. The number of aliphatic hydroxyl groups excluding tert-OH is 1. The Labute approximate surface area is 200 Å². The van der Waals surface area contributed by atoms with Crippen LogP contribution in [-0.4, -0.2) is 93.1 Å². The molecule has 2 aromatic rings. The van der Waals surface area contributed by atoms with Gasteiger partial charge in [0.05, 0.1) is 25.4 Å². The quantitative estimate of drug-likeness (QED) is 0.531. The van der Waals surface area contributed by atoms with E-state index < -0.39 is 29.5 Å². The molecule has 4 heterocycles. The molecule has 1 saturated carbocycles. The second kappa shape index (κ2) is 9.11. The van der Waals surface area contributed by atoms with Crippen LogP contribution in [0.2, 0.25) is 0 Å². The van der Waals surface area contributed by atoms with Gasteiger partial charge in [0.1, 0.15) is 5.69 Å². The Bertz CT molecular complexity index is 1090. The molecule has 188 valence electrons. The van der Waals surface area contributed by atoms with Crippen molar-refractivity contribution in [2.24, 2.45) is 0 Å². The SMILES string of the molecule is Nc1ncc(-c2nc(N3CCOCC3)nc(N[C@]3(CO)CCCN(C(=O)C4(F)CC4)C3)c2F)cn1. The van der Waals surface area contributed by atoms with Gasteiger partial charge in [-0.15, -0.1) is 0 Å². The Hall–Kier alpha value is -3.19. The Kier molecular flexibility index (Phi) is 6.13. The van der Waals surface area contributed by atoms with Crippen LogP contribution < -0.4 is 16.0 Å². The summed E-state index contributed by atoms with van der Waals surface area (Å²) in [7, 11) is 0. The van der Waals surface area contributed by atoms with E-state index in [1.807, 2.05) is 4.90 Å². The van der Waals surface area contributed by atoms with Crippen LogP contribution in [0.5, 0.6) is 0 Å². The summed E-state index contributed by atoms with van der Waals surface area (Å²) in [6.45, 7) is 2.02. The van der Waals surface area contributed by atoms with Gasteiger partial charge in [-0.05, 0) is 25.7 Å². The first kappa shape index (κ1) is 23.5. The van der Waals surface area contributed by atoms with Gasteiger partial charge in [-0.3, -0.25) is 4.79 Å². The maximum Gasteiger partial charge on any atom is 0.260 e. The van der Waals surface area contributed by atoms with Gasteiger partial charge in [0.2, 0.25) is 11.9 Å². The molecule has 13 heteroatoms. The van der Waals surface area contributed by atoms with Gasteiger partial charge >= 0.3 is 0 Å². The lowest BCUT2D eigenvalue weighted by Crippen LogP contribution is -2.58. The third-order valence-electron chi connectivity index (χ3n) is 6.70. The van der Waals surface area contributed by atoms with Crippen LogP contribution in [0, 0.1) is 5.82 Å². The normalized spacial score (nSPS) is 23.7. The highest BCUT2D eigenvalue weighted by atomic mass is 19.1. The average Bonchev–Trinajstić information content (AvgIpc) is 3.64. The number of amides is 1. The van der Waals surface area contributed by atoms with Crippen molar-refractivity contribution in [3.8, 4) is 11.3 Å². The second-order valence-electron chi connectivity index (χ2n) is 9.32. The van der Waals surface area contributed by atoms with E-state index in [1.165, 1.54) is 17.3 Å². The summed E-state index contributed by atoms with van der Waals surface area (Å²) >= 11 is 0. The Balaban J connectivity index is 1.50. The molecular formula is C22H28F2N8O3. The lowest BCUT2D eigenvalue weighted by atomic mass is 9.89. The number of aliphatic hydroxyl groups is 1. The van der Waals surface area contributed by atoms with Crippen molar-refractivity contribution in [1.29, 1.82) is 0 Å². The summed E-state index contributed by atoms with van der Waals surface area (Å²) in [5.74, 6) is -1.13. The van der Waals surface area contributed by atoms with E-state index in [4.69, 9.17) is 10.5 Å². The lowest BCUT2D eigenvalue weighted by Gasteiger charge is -2.43. The number of ether oxygens (including phenoxy) is 1. The molecule has 3 aliphatic rings. The van der Waals surface area contributed by atoms with Crippen LogP contribution in [0.3, 0.4) is 0 Å². The van der Waals surface area contributed by atoms with Gasteiger partial charge in [0.15, 0.2) is 17.3 Å².